The number of nitrogens with one attached hydrogen (secondary N) is 1. The van der Waals surface area contributed by atoms with Gasteiger partial charge in [-0.3, -0.25) is 14.9 Å². The summed E-state index contributed by atoms with van der Waals surface area (Å²) in [5.74, 6) is -0.721. The fraction of sp³-hybridized carbons (Fsp3) is 0.0714. The minimum Gasteiger partial charge on any atom is -0.506 e. The summed E-state index contributed by atoms with van der Waals surface area (Å²) >= 11 is 7.02. The number of hydrogen-bond acceptors (Lipinski definition) is 5. The van der Waals surface area contributed by atoms with Gasteiger partial charge in [0.2, 0.25) is 0 Å². The molecule has 0 aliphatic rings. The minimum atomic E-state index is -0.576. The van der Waals surface area contributed by atoms with Gasteiger partial charge in [0.05, 0.1) is 15.5 Å². The molecule has 0 atom stereocenters. The van der Waals surface area contributed by atoms with E-state index >= 15 is 0 Å². The van der Waals surface area contributed by atoms with Crippen molar-refractivity contribution in [3.8, 4) is 5.75 Å². The minimum absolute atomic E-state index is 0.115. The number of thioether (sulfide) groups is 1. The van der Waals surface area contributed by atoms with Crippen LogP contribution < -0.4 is 5.32 Å². The number of nitro groups is 1. The van der Waals surface area contributed by atoms with Gasteiger partial charge in [-0.05, 0) is 36.6 Å². The summed E-state index contributed by atoms with van der Waals surface area (Å²) in [5, 5.41) is 23.5. The second-order valence-electron chi connectivity index (χ2n) is 4.26. The molecule has 0 spiro atoms. The number of benzene rings is 2. The molecule has 1 amide bonds. The zero-order valence-corrected chi connectivity index (χ0v) is 12.9. The highest BCUT2D eigenvalue weighted by Crippen LogP contribution is 2.30. The highest BCUT2D eigenvalue weighted by atomic mass is 35.5. The van der Waals surface area contributed by atoms with Crippen LogP contribution in [-0.4, -0.2) is 22.2 Å². The zero-order valence-electron chi connectivity index (χ0n) is 11.4. The Morgan fingerprint density at radius 3 is 2.68 bits per heavy atom. The Morgan fingerprint density at radius 1 is 1.32 bits per heavy atom. The molecular formula is C14H11ClN2O4S. The van der Waals surface area contributed by atoms with E-state index < -0.39 is 10.8 Å². The lowest BCUT2D eigenvalue weighted by Crippen LogP contribution is -2.12. The first-order valence-corrected chi connectivity index (χ1v) is 7.65. The maximum Gasteiger partial charge on any atom is 0.283 e. The maximum atomic E-state index is 12.2. The number of anilines is 1. The zero-order chi connectivity index (χ0) is 16.3. The van der Waals surface area contributed by atoms with E-state index in [-0.39, 0.29) is 22.7 Å². The monoisotopic (exact) mass is 338 g/mol. The number of carbonyl (C=O) groups excluding carboxylic acids is 1. The van der Waals surface area contributed by atoms with Crippen LogP contribution in [0.15, 0.2) is 41.3 Å². The molecule has 0 radical (unpaired) electrons. The number of hydrogen-bond donors (Lipinski definition) is 2. The van der Waals surface area contributed by atoms with Gasteiger partial charge in [-0.1, -0.05) is 11.6 Å². The van der Waals surface area contributed by atoms with E-state index in [4.69, 9.17) is 11.6 Å². The molecule has 0 unspecified atom stereocenters. The van der Waals surface area contributed by atoms with E-state index in [1.54, 1.807) is 6.26 Å². The molecule has 2 N–H and O–H groups in total. The molecule has 114 valence electrons. The van der Waals surface area contributed by atoms with E-state index in [0.717, 1.165) is 0 Å². The molecule has 0 saturated carbocycles. The van der Waals surface area contributed by atoms with Crippen LogP contribution >= 0.6 is 23.4 Å². The Labute approximate surface area is 135 Å². The number of amides is 1. The average Bonchev–Trinajstić information content (AvgIpc) is 2.50. The van der Waals surface area contributed by atoms with Gasteiger partial charge in [-0.25, -0.2) is 0 Å². The van der Waals surface area contributed by atoms with Crippen molar-refractivity contribution in [1.29, 1.82) is 0 Å². The molecule has 0 heterocycles. The van der Waals surface area contributed by atoms with Gasteiger partial charge >= 0.3 is 0 Å². The average molecular weight is 339 g/mol. The first kappa shape index (κ1) is 16.1. The molecule has 6 nitrogen and oxygen atoms in total. The van der Waals surface area contributed by atoms with Crippen LogP contribution in [0.25, 0.3) is 0 Å². The predicted octanol–water partition coefficient (Wildman–Crippen LogP) is 3.93. The topological polar surface area (TPSA) is 92.5 Å². The molecular weight excluding hydrogens is 328 g/mol. The number of halogens is 1. The molecule has 0 saturated heterocycles. The summed E-state index contributed by atoms with van der Waals surface area (Å²) in [4.78, 5) is 23.1. The van der Waals surface area contributed by atoms with Crippen molar-refractivity contribution in [2.24, 2.45) is 0 Å². The molecule has 2 aromatic carbocycles. The van der Waals surface area contributed by atoms with Crippen LogP contribution in [-0.2, 0) is 0 Å². The van der Waals surface area contributed by atoms with Crippen molar-refractivity contribution < 1.29 is 14.8 Å². The predicted molar refractivity (Wildman–Crippen MR) is 85.9 cm³/mol. The molecule has 0 aliphatic heterocycles. The lowest BCUT2D eigenvalue weighted by Gasteiger charge is -2.08. The maximum absolute atomic E-state index is 12.2. The highest BCUT2D eigenvalue weighted by molar-refractivity contribution is 7.98. The summed E-state index contributed by atoms with van der Waals surface area (Å²) in [7, 11) is 0. The van der Waals surface area contributed by atoms with Crippen LogP contribution in [0.2, 0.25) is 5.02 Å². The Balaban J connectivity index is 2.32. The summed E-state index contributed by atoms with van der Waals surface area (Å²) in [6, 6.07) is 8.40. The lowest BCUT2D eigenvalue weighted by atomic mass is 10.2. The Hall–Kier alpha value is -2.25. The number of phenols is 1. The third-order valence-corrected chi connectivity index (χ3v) is 3.86. The standard InChI is InChI=1S/C14H11ClN2O4S/c1-22-13-5-2-8(6-11(13)17(20)21)14(19)16-10-7-9(15)3-4-12(10)18/h2-7,18H,1H3,(H,16,19). The van der Waals surface area contributed by atoms with Crippen molar-refractivity contribution in [3.05, 3.63) is 57.1 Å². The van der Waals surface area contributed by atoms with E-state index in [0.29, 0.717) is 9.92 Å². The van der Waals surface area contributed by atoms with Gasteiger partial charge in [0.1, 0.15) is 5.75 Å². The van der Waals surface area contributed by atoms with Gasteiger partial charge in [0.15, 0.2) is 0 Å². The Morgan fingerprint density at radius 2 is 2.05 bits per heavy atom. The largest absolute Gasteiger partial charge is 0.506 e. The van der Waals surface area contributed by atoms with Crippen molar-refractivity contribution >= 4 is 40.6 Å². The second-order valence-corrected chi connectivity index (χ2v) is 5.54. The number of phenolic OH excluding ortho intramolecular Hbond substituents is 1. The molecule has 8 heteroatoms. The SMILES string of the molecule is CSc1ccc(C(=O)Nc2cc(Cl)ccc2O)cc1[N+](=O)[O-]. The van der Waals surface area contributed by atoms with Crippen LogP contribution in [0.4, 0.5) is 11.4 Å². The normalized spacial score (nSPS) is 10.3. The molecule has 2 aromatic rings. The van der Waals surface area contributed by atoms with E-state index in [9.17, 15) is 20.0 Å². The van der Waals surface area contributed by atoms with Crippen molar-refractivity contribution in [2.75, 3.05) is 11.6 Å². The fourth-order valence-corrected chi connectivity index (χ4v) is 2.50. The molecule has 0 fully saturated rings. The Kier molecular flexibility index (Phi) is 4.89. The highest BCUT2D eigenvalue weighted by Gasteiger charge is 2.17. The van der Waals surface area contributed by atoms with Crippen molar-refractivity contribution in [2.45, 2.75) is 4.90 Å². The third kappa shape index (κ3) is 3.49. The quantitative estimate of drug-likeness (QED) is 0.381. The van der Waals surface area contributed by atoms with Gasteiger partial charge in [0, 0.05) is 16.7 Å². The first-order valence-electron chi connectivity index (χ1n) is 6.04. The summed E-state index contributed by atoms with van der Waals surface area (Å²) in [6.45, 7) is 0. The smallest absolute Gasteiger partial charge is 0.283 e. The van der Waals surface area contributed by atoms with Gasteiger partial charge in [-0.2, -0.15) is 0 Å². The fourth-order valence-electron chi connectivity index (χ4n) is 1.78. The Bertz CT molecular complexity index is 752. The van der Waals surface area contributed by atoms with E-state index in [1.165, 1.54) is 48.2 Å². The molecule has 0 aliphatic carbocycles. The summed E-state index contributed by atoms with van der Waals surface area (Å²) in [6.07, 6.45) is 1.71. The number of carbonyl (C=O) groups is 1. The van der Waals surface area contributed by atoms with Crippen LogP contribution in [0, 0.1) is 10.1 Å². The number of nitro benzene ring substituents is 1. The van der Waals surface area contributed by atoms with Gasteiger partial charge in [0.25, 0.3) is 11.6 Å². The molecule has 0 aromatic heterocycles. The lowest BCUT2D eigenvalue weighted by molar-refractivity contribution is -0.387. The molecule has 2 rings (SSSR count). The van der Waals surface area contributed by atoms with Crippen LogP contribution in [0.3, 0.4) is 0 Å². The summed E-state index contributed by atoms with van der Waals surface area (Å²) in [5.41, 5.74) is 0.105. The van der Waals surface area contributed by atoms with Crippen molar-refractivity contribution in [3.63, 3.8) is 0 Å². The van der Waals surface area contributed by atoms with Gasteiger partial charge < -0.3 is 10.4 Å². The van der Waals surface area contributed by atoms with Gasteiger partial charge in [-0.15, -0.1) is 11.8 Å². The number of rotatable bonds is 4. The number of nitrogens with zero attached hydrogens (tertiary/aromatic N) is 1. The second kappa shape index (κ2) is 6.67. The third-order valence-electron chi connectivity index (χ3n) is 2.84. The molecule has 0 bridgehead atoms. The first-order chi connectivity index (χ1) is 10.4. The van der Waals surface area contributed by atoms with E-state index in [2.05, 4.69) is 5.32 Å². The van der Waals surface area contributed by atoms with Crippen LogP contribution in [0.1, 0.15) is 10.4 Å². The molecule has 22 heavy (non-hydrogen) atoms. The van der Waals surface area contributed by atoms with Crippen molar-refractivity contribution in [1.82, 2.24) is 0 Å². The van der Waals surface area contributed by atoms with Crippen LogP contribution in [0.5, 0.6) is 5.75 Å². The van der Waals surface area contributed by atoms with E-state index in [1.807, 2.05) is 0 Å². The number of aromatic hydroxyl groups is 1. The summed E-state index contributed by atoms with van der Waals surface area (Å²) < 4.78 is 0.